The molecule has 0 bridgehead atoms. The van der Waals surface area contributed by atoms with Gasteiger partial charge in [-0.25, -0.2) is 0 Å². The molecule has 2 rings (SSSR count). The van der Waals surface area contributed by atoms with Crippen molar-refractivity contribution in [3.05, 3.63) is 54.1 Å². The van der Waals surface area contributed by atoms with Crippen LogP contribution in [0, 0.1) is 0 Å². The van der Waals surface area contributed by atoms with Crippen LogP contribution in [-0.4, -0.2) is 18.4 Å². The van der Waals surface area contributed by atoms with Gasteiger partial charge in [-0.1, -0.05) is 24.3 Å². The van der Waals surface area contributed by atoms with E-state index < -0.39 is 5.91 Å². The molecule has 0 atom stereocenters. The summed E-state index contributed by atoms with van der Waals surface area (Å²) in [6.45, 7) is 0.605. The van der Waals surface area contributed by atoms with Crippen molar-refractivity contribution in [1.82, 2.24) is 0 Å². The molecule has 0 fully saturated rings. The fraction of sp³-hybridized carbons (Fsp3) is 0.188. The predicted molar refractivity (Wildman–Crippen MR) is 81.2 cm³/mol. The van der Waals surface area contributed by atoms with Crippen molar-refractivity contribution >= 4 is 17.5 Å². The number of hydrogen-bond acceptors (Lipinski definition) is 2. The summed E-state index contributed by atoms with van der Waals surface area (Å²) < 4.78 is 5.61. The van der Waals surface area contributed by atoms with Crippen molar-refractivity contribution in [3.8, 4) is 16.9 Å². The summed E-state index contributed by atoms with van der Waals surface area (Å²) >= 11 is 5.62. The summed E-state index contributed by atoms with van der Waals surface area (Å²) in [7, 11) is 0. The standard InChI is InChI=1S/C16H16ClNO2/c17-9-2-10-20-15-4-1-3-14(11-15)12-5-7-13(8-6-12)16(18)19/h1,3-8,11H,2,9-10H2,(H2,18,19). The number of amides is 1. The minimum Gasteiger partial charge on any atom is -0.494 e. The first kappa shape index (κ1) is 14.4. The van der Waals surface area contributed by atoms with Crippen molar-refractivity contribution in [2.75, 3.05) is 12.5 Å². The van der Waals surface area contributed by atoms with Gasteiger partial charge in [-0.3, -0.25) is 4.79 Å². The Morgan fingerprint density at radius 2 is 1.85 bits per heavy atom. The topological polar surface area (TPSA) is 52.3 Å². The molecule has 0 saturated heterocycles. The molecule has 0 aliphatic heterocycles. The highest BCUT2D eigenvalue weighted by Gasteiger charge is 2.03. The minimum atomic E-state index is -0.422. The third-order valence-electron chi connectivity index (χ3n) is 2.88. The van der Waals surface area contributed by atoms with E-state index in [2.05, 4.69) is 0 Å². The molecule has 0 radical (unpaired) electrons. The van der Waals surface area contributed by atoms with Gasteiger partial charge in [0.05, 0.1) is 6.61 Å². The van der Waals surface area contributed by atoms with Gasteiger partial charge in [0.1, 0.15) is 5.75 Å². The number of hydrogen-bond donors (Lipinski definition) is 1. The van der Waals surface area contributed by atoms with Gasteiger partial charge in [0.2, 0.25) is 5.91 Å². The molecule has 1 amide bonds. The normalized spacial score (nSPS) is 10.2. The molecule has 0 spiro atoms. The Kier molecular flexibility index (Phi) is 5.02. The molecule has 4 heteroatoms. The lowest BCUT2D eigenvalue weighted by atomic mass is 10.0. The largest absolute Gasteiger partial charge is 0.494 e. The molecule has 3 nitrogen and oxygen atoms in total. The van der Waals surface area contributed by atoms with Crippen LogP contribution in [0.15, 0.2) is 48.5 Å². The number of alkyl halides is 1. The van der Waals surface area contributed by atoms with E-state index in [0.29, 0.717) is 18.1 Å². The zero-order valence-corrected chi connectivity index (χ0v) is 11.8. The van der Waals surface area contributed by atoms with E-state index in [-0.39, 0.29) is 0 Å². The maximum atomic E-state index is 11.0. The first-order chi connectivity index (χ1) is 9.70. The van der Waals surface area contributed by atoms with E-state index in [9.17, 15) is 4.79 Å². The zero-order valence-electron chi connectivity index (χ0n) is 11.0. The lowest BCUT2D eigenvalue weighted by Gasteiger charge is -2.08. The van der Waals surface area contributed by atoms with Crippen molar-refractivity contribution in [2.24, 2.45) is 5.73 Å². The monoisotopic (exact) mass is 289 g/mol. The summed E-state index contributed by atoms with van der Waals surface area (Å²) in [6, 6.07) is 15.0. The Balaban J connectivity index is 2.15. The van der Waals surface area contributed by atoms with Crippen LogP contribution in [-0.2, 0) is 0 Å². The Labute approximate surface area is 123 Å². The van der Waals surface area contributed by atoms with Gasteiger partial charge < -0.3 is 10.5 Å². The molecular weight excluding hydrogens is 274 g/mol. The average molecular weight is 290 g/mol. The van der Waals surface area contributed by atoms with E-state index in [1.807, 2.05) is 36.4 Å². The zero-order chi connectivity index (χ0) is 14.4. The fourth-order valence-electron chi connectivity index (χ4n) is 1.84. The van der Waals surface area contributed by atoms with E-state index in [0.717, 1.165) is 23.3 Å². The van der Waals surface area contributed by atoms with Crippen molar-refractivity contribution in [1.29, 1.82) is 0 Å². The molecule has 0 aliphatic carbocycles. The minimum absolute atomic E-state index is 0.422. The number of carbonyl (C=O) groups is 1. The first-order valence-corrected chi connectivity index (χ1v) is 6.93. The van der Waals surface area contributed by atoms with Crippen LogP contribution in [0.5, 0.6) is 5.75 Å². The SMILES string of the molecule is NC(=O)c1ccc(-c2cccc(OCCCCl)c2)cc1. The van der Waals surface area contributed by atoms with Crippen LogP contribution in [0.2, 0.25) is 0 Å². The number of carbonyl (C=O) groups excluding carboxylic acids is 1. The van der Waals surface area contributed by atoms with Crippen molar-refractivity contribution in [2.45, 2.75) is 6.42 Å². The molecule has 0 aromatic heterocycles. The Bertz CT molecular complexity index is 581. The number of nitrogens with two attached hydrogens (primary N) is 1. The summed E-state index contributed by atoms with van der Waals surface area (Å²) in [5, 5.41) is 0. The Morgan fingerprint density at radius 3 is 2.50 bits per heavy atom. The number of benzene rings is 2. The molecule has 0 aliphatic rings. The molecule has 0 heterocycles. The van der Waals surface area contributed by atoms with Crippen molar-refractivity contribution < 1.29 is 9.53 Å². The van der Waals surface area contributed by atoms with Crippen LogP contribution in [0.25, 0.3) is 11.1 Å². The summed E-state index contributed by atoms with van der Waals surface area (Å²) in [6.07, 6.45) is 0.819. The maximum absolute atomic E-state index is 11.0. The van der Waals surface area contributed by atoms with Gasteiger partial charge >= 0.3 is 0 Å². The lowest BCUT2D eigenvalue weighted by molar-refractivity contribution is 0.100. The van der Waals surface area contributed by atoms with Crippen LogP contribution in [0.3, 0.4) is 0 Å². The van der Waals surface area contributed by atoms with Gasteiger partial charge in [0.15, 0.2) is 0 Å². The van der Waals surface area contributed by atoms with Gasteiger partial charge in [0.25, 0.3) is 0 Å². The number of ether oxygens (including phenoxy) is 1. The molecule has 20 heavy (non-hydrogen) atoms. The summed E-state index contributed by atoms with van der Waals surface area (Å²) in [4.78, 5) is 11.0. The molecule has 0 saturated carbocycles. The highest BCUT2D eigenvalue weighted by atomic mass is 35.5. The van der Waals surface area contributed by atoms with Crippen LogP contribution in [0.1, 0.15) is 16.8 Å². The van der Waals surface area contributed by atoms with Gasteiger partial charge in [-0.05, 0) is 41.8 Å². The van der Waals surface area contributed by atoms with Crippen LogP contribution < -0.4 is 10.5 Å². The molecule has 0 unspecified atom stereocenters. The smallest absolute Gasteiger partial charge is 0.248 e. The highest BCUT2D eigenvalue weighted by molar-refractivity contribution is 6.17. The molecule has 2 N–H and O–H groups in total. The molecule has 2 aromatic carbocycles. The van der Waals surface area contributed by atoms with E-state index in [4.69, 9.17) is 22.1 Å². The molecule has 2 aromatic rings. The maximum Gasteiger partial charge on any atom is 0.248 e. The van der Waals surface area contributed by atoms with Gasteiger partial charge in [-0.15, -0.1) is 11.6 Å². The quantitative estimate of drug-likeness (QED) is 0.654. The Morgan fingerprint density at radius 1 is 1.10 bits per heavy atom. The molecule has 104 valence electrons. The van der Waals surface area contributed by atoms with Crippen molar-refractivity contribution in [3.63, 3.8) is 0 Å². The lowest BCUT2D eigenvalue weighted by Crippen LogP contribution is -2.10. The summed E-state index contributed by atoms with van der Waals surface area (Å²) in [5.41, 5.74) is 7.77. The first-order valence-electron chi connectivity index (χ1n) is 6.40. The van der Waals surface area contributed by atoms with Gasteiger partial charge in [-0.2, -0.15) is 0 Å². The Hall–Kier alpha value is -2.00. The fourth-order valence-corrected chi connectivity index (χ4v) is 1.95. The number of halogens is 1. The number of rotatable bonds is 6. The second kappa shape index (κ2) is 6.96. The second-order valence-corrected chi connectivity index (χ2v) is 4.74. The van der Waals surface area contributed by atoms with Crippen LogP contribution >= 0.6 is 11.6 Å². The predicted octanol–water partition coefficient (Wildman–Crippen LogP) is 3.46. The van der Waals surface area contributed by atoms with Gasteiger partial charge in [0, 0.05) is 11.4 Å². The van der Waals surface area contributed by atoms with Crippen LogP contribution in [0.4, 0.5) is 0 Å². The third kappa shape index (κ3) is 3.75. The average Bonchev–Trinajstić information content (AvgIpc) is 2.48. The van der Waals surface area contributed by atoms with E-state index in [1.54, 1.807) is 12.1 Å². The third-order valence-corrected chi connectivity index (χ3v) is 3.15. The van der Waals surface area contributed by atoms with E-state index in [1.165, 1.54) is 0 Å². The summed E-state index contributed by atoms with van der Waals surface area (Å²) in [5.74, 6) is 0.982. The molecular formula is C16H16ClNO2. The highest BCUT2D eigenvalue weighted by Crippen LogP contribution is 2.24. The number of primary amides is 1. The second-order valence-electron chi connectivity index (χ2n) is 4.36. The van der Waals surface area contributed by atoms with E-state index >= 15 is 0 Å².